The summed E-state index contributed by atoms with van der Waals surface area (Å²) >= 11 is 0. The SMILES string of the molecule is CC(C)c1cccc(OC(=O)C2CC(=O)N(c3cccc(NC(=O)c4ccc(-c5ccc(O)cc5)cc4)c3)C2)c1. The average molecular weight is 535 g/mol. The maximum atomic E-state index is 12.9. The summed E-state index contributed by atoms with van der Waals surface area (Å²) in [5.74, 6) is -0.501. The molecule has 1 saturated heterocycles. The van der Waals surface area contributed by atoms with Crippen molar-refractivity contribution in [3.63, 3.8) is 0 Å². The molecule has 1 fully saturated rings. The van der Waals surface area contributed by atoms with Gasteiger partial charge in [0.15, 0.2) is 0 Å². The van der Waals surface area contributed by atoms with Crippen LogP contribution >= 0.6 is 0 Å². The van der Waals surface area contributed by atoms with Gasteiger partial charge in [-0.25, -0.2) is 0 Å². The lowest BCUT2D eigenvalue weighted by Gasteiger charge is -2.18. The largest absolute Gasteiger partial charge is 0.508 e. The zero-order valence-electron chi connectivity index (χ0n) is 22.3. The van der Waals surface area contributed by atoms with Crippen LogP contribution in [-0.4, -0.2) is 29.4 Å². The Labute approximate surface area is 233 Å². The standard InChI is InChI=1S/C33H30N2O5/c1-21(2)25-5-3-8-30(17-25)40-33(39)26-18-31(37)35(20-26)28-7-4-6-27(19-28)34-32(38)24-11-9-22(10-12-24)23-13-15-29(36)16-14-23/h3-17,19,21,26,36H,18,20H2,1-2H3,(H,34,38). The van der Waals surface area contributed by atoms with Crippen LogP contribution in [0.15, 0.2) is 97.1 Å². The molecule has 1 atom stereocenters. The van der Waals surface area contributed by atoms with Crippen LogP contribution in [-0.2, 0) is 9.59 Å². The van der Waals surface area contributed by atoms with E-state index in [1.54, 1.807) is 59.5 Å². The Kier molecular flexibility index (Phi) is 7.64. The van der Waals surface area contributed by atoms with Crippen LogP contribution in [0.5, 0.6) is 11.5 Å². The molecule has 5 rings (SSSR count). The lowest BCUT2D eigenvalue weighted by molar-refractivity contribution is -0.139. The summed E-state index contributed by atoms with van der Waals surface area (Å²) in [4.78, 5) is 40.1. The smallest absolute Gasteiger partial charge is 0.316 e. The lowest BCUT2D eigenvalue weighted by atomic mass is 10.0. The number of rotatable bonds is 7. The van der Waals surface area contributed by atoms with Gasteiger partial charge in [0.25, 0.3) is 5.91 Å². The second-order valence-corrected chi connectivity index (χ2v) is 10.2. The van der Waals surface area contributed by atoms with Crippen molar-refractivity contribution in [2.45, 2.75) is 26.2 Å². The number of phenolic OH excluding ortho intramolecular Hbond substituents is 1. The normalized spacial score (nSPS) is 14.8. The number of carbonyl (C=O) groups excluding carboxylic acids is 3. The molecule has 2 amide bonds. The zero-order chi connectivity index (χ0) is 28.2. The third-order valence-electron chi connectivity index (χ3n) is 6.96. The molecule has 2 N–H and O–H groups in total. The van der Waals surface area contributed by atoms with E-state index in [-0.39, 0.29) is 30.5 Å². The number of nitrogens with one attached hydrogen (secondary N) is 1. The number of carbonyl (C=O) groups is 3. The highest BCUT2D eigenvalue weighted by Crippen LogP contribution is 2.29. The Hall–Kier alpha value is -4.91. The van der Waals surface area contributed by atoms with Gasteiger partial charge in [0.1, 0.15) is 11.5 Å². The number of ether oxygens (including phenoxy) is 1. The average Bonchev–Trinajstić information content (AvgIpc) is 3.35. The van der Waals surface area contributed by atoms with E-state index >= 15 is 0 Å². The Morgan fingerprint density at radius 3 is 2.27 bits per heavy atom. The number of esters is 1. The number of hydrogen-bond donors (Lipinski definition) is 2. The summed E-state index contributed by atoms with van der Waals surface area (Å²) in [6.45, 7) is 4.35. The van der Waals surface area contributed by atoms with Crippen molar-refractivity contribution >= 4 is 29.2 Å². The molecule has 7 heteroatoms. The first-order valence-electron chi connectivity index (χ1n) is 13.2. The van der Waals surface area contributed by atoms with Crippen molar-refractivity contribution in [3.05, 3.63) is 108 Å². The quantitative estimate of drug-likeness (QED) is 0.212. The Morgan fingerprint density at radius 2 is 1.57 bits per heavy atom. The van der Waals surface area contributed by atoms with E-state index in [9.17, 15) is 19.5 Å². The second-order valence-electron chi connectivity index (χ2n) is 10.2. The first kappa shape index (κ1) is 26.7. The number of nitrogens with zero attached hydrogens (tertiary/aromatic N) is 1. The number of benzene rings is 4. The Balaban J connectivity index is 1.23. The molecular weight excluding hydrogens is 504 g/mol. The minimum atomic E-state index is -0.583. The molecule has 0 bridgehead atoms. The molecule has 1 heterocycles. The number of amides is 2. The number of aromatic hydroxyl groups is 1. The maximum absolute atomic E-state index is 12.9. The van der Waals surface area contributed by atoms with Crippen LogP contribution in [0, 0.1) is 5.92 Å². The van der Waals surface area contributed by atoms with Gasteiger partial charge in [-0.05, 0) is 77.2 Å². The third kappa shape index (κ3) is 6.04. The van der Waals surface area contributed by atoms with Crippen molar-refractivity contribution in [2.24, 2.45) is 5.92 Å². The van der Waals surface area contributed by atoms with Gasteiger partial charge in [0.05, 0.1) is 5.92 Å². The molecule has 0 aromatic heterocycles. The molecule has 7 nitrogen and oxygen atoms in total. The predicted molar refractivity (Wildman–Crippen MR) is 155 cm³/mol. The summed E-state index contributed by atoms with van der Waals surface area (Å²) in [5, 5.41) is 12.4. The molecule has 1 aliphatic heterocycles. The van der Waals surface area contributed by atoms with E-state index in [2.05, 4.69) is 19.2 Å². The van der Waals surface area contributed by atoms with Crippen molar-refractivity contribution in [2.75, 3.05) is 16.8 Å². The van der Waals surface area contributed by atoms with Crippen molar-refractivity contribution in [1.29, 1.82) is 0 Å². The molecule has 4 aromatic carbocycles. The maximum Gasteiger partial charge on any atom is 0.316 e. The summed E-state index contributed by atoms with van der Waals surface area (Å²) in [5.41, 5.74) is 4.54. The van der Waals surface area contributed by atoms with E-state index in [1.807, 2.05) is 42.5 Å². The highest BCUT2D eigenvalue weighted by molar-refractivity contribution is 6.05. The van der Waals surface area contributed by atoms with Gasteiger partial charge in [-0.15, -0.1) is 0 Å². The highest BCUT2D eigenvalue weighted by Gasteiger charge is 2.36. The fourth-order valence-corrected chi connectivity index (χ4v) is 4.67. The molecule has 202 valence electrons. The number of anilines is 2. The molecule has 1 unspecified atom stereocenters. The molecule has 0 aliphatic carbocycles. The molecule has 0 saturated carbocycles. The van der Waals surface area contributed by atoms with Crippen LogP contribution in [0.3, 0.4) is 0 Å². The number of phenols is 1. The van der Waals surface area contributed by atoms with Crippen molar-refractivity contribution in [3.8, 4) is 22.6 Å². The second kappa shape index (κ2) is 11.5. The topological polar surface area (TPSA) is 95.9 Å². The van der Waals surface area contributed by atoms with E-state index in [0.717, 1.165) is 16.7 Å². The van der Waals surface area contributed by atoms with Crippen LogP contribution in [0.25, 0.3) is 11.1 Å². The first-order valence-corrected chi connectivity index (χ1v) is 13.2. The van der Waals surface area contributed by atoms with Crippen molar-refractivity contribution in [1.82, 2.24) is 0 Å². The Bertz CT molecular complexity index is 1540. The summed E-state index contributed by atoms with van der Waals surface area (Å²) in [6, 6.07) is 28.5. The first-order chi connectivity index (χ1) is 19.3. The molecule has 0 radical (unpaired) electrons. The van der Waals surface area contributed by atoms with Crippen LogP contribution < -0.4 is 15.0 Å². The van der Waals surface area contributed by atoms with Gasteiger partial charge in [0.2, 0.25) is 5.91 Å². The van der Waals surface area contributed by atoms with Gasteiger partial charge in [-0.3, -0.25) is 14.4 Å². The zero-order valence-corrected chi connectivity index (χ0v) is 22.3. The van der Waals surface area contributed by atoms with Gasteiger partial charge in [-0.1, -0.05) is 56.3 Å². The molecule has 4 aromatic rings. The monoisotopic (exact) mass is 534 g/mol. The molecular formula is C33H30N2O5. The highest BCUT2D eigenvalue weighted by atomic mass is 16.5. The molecule has 40 heavy (non-hydrogen) atoms. The predicted octanol–water partition coefficient (Wildman–Crippen LogP) is 6.39. The van der Waals surface area contributed by atoms with Crippen molar-refractivity contribution < 1.29 is 24.2 Å². The fraction of sp³-hybridized carbons (Fsp3) is 0.182. The molecule has 1 aliphatic rings. The van der Waals surface area contributed by atoms with E-state index in [1.165, 1.54) is 0 Å². The van der Waals surface area contributed by atoms with E-state index < -0.39 is 11.9 Å². The van der Waals surface area contributed by atoms with Crippen LogP contribution in [0.1, 0.15) is 42.1 Å². The fourth-order valence-electron chi connectivity index (χ4n) is 4.67. The lowest BCUT2D eigenvalue weighted by Crippen LogP contribution is -2.27. The van der Waals surface area contributed by atoms with Gasteiger partial charge < -0.3 is 20.1 Å². The third-order valence-corrected chi connectivity index (χ3v) is 6.96. The minimum Gasteiger partial charge on any atom is -0.508 e. The summed E-state index contributed by atoms with van der Waals surface area (Å²) in [6.07, 6.45) is 0.0622. The van der Waals surface area contributed by atoms with Gasteiger partial charge in [0, 0.05) is 29.9 Å². The molecule has 0 spiro atoms. The van der Waals surface area contributed by atoms with Gasteiger partial charge >= 0.3 is 5.97 Å². The Morgan fingerprint density at radius 1 is 0.900 bits per heavy atom. The van der Waals surface area contributed by atoms with Crippen LogP contribution in [0.2, 0.25) is 0 Å². The summed E-state index contributed by atoms with van der Waals surface area (Å²) in [7, 11) is 0. The van der Waals surface area contributed by atoms with E-state index in [0.29, 0.717) is 28.6 Å². The van der Waals surface area contributed by atoms with E-state index in [4.69, 9.17) is 4.74 Å². The van der Waals surface area contributed by atoms with Crippen LogP contribution in [0.4, 0.5) is 11.4 Å². The van der Waals surface area contributed by atoms with Gasteiger partial charge in [-0.2, -0.15) is 0 Å². The number of hydrogen-bond acceptors (Lipinski definition) is 5. The summed E-state index contributed by atoms with van der Waals surface area (Å²) < 4.78 is 5.60. The minimum absolute atomic E-state index is 0.0622.